The third kappa shape index (κ3) is 3.17. The van der Waals surface area contributed by atoms with E-state index in [1.165, 1.54) is 0 Å². The number of hydrogen-bond acceptors (Lipinski definition) is 4. The highest BCUT2D eigenvalue weighted by Gasteiger charge is 2.30. The zero-order chi connectivity index (χ0) is 16.0. The van der Waals surface area contributed by atoms with Gasteiger partial charge in [0.2, 0.25) is 0 Å². The molecule has 0 radical (unpaired) electrons. The van der Waals surface area contributed by atoms with Gasteiger partial charge in [0.15, 0.2) is 5.03 Å². The summed E-state index contributed by atoms with van der Waals surface area (Å²) in [7, 11) is 1.19. The Morgan fingerprint density at radius 3 is 2.33 bits per heavy atom. The van der Waals surface area contributed by atoms with Crippen molar-refractivity contribution >= 4 is 48.3 Å². The fourth-order valence-electron chi connectivity index (χ4n) is 1.88. The molecule has 0 aliphatic carbocycles. The Hall–Kier alpha value is -1.24. The van der Waals surface area contributed by atoms with Gasteiger partial charge >= 0.3 is 6.09 Å². The minimum atomic E-state index is -4.22. The van der Waals surface area contributed by atoms with Gasteiger partial charge in [0.05, 0.1) is 10.5 Å². The van der Waals surface area contributed by atoms with Gasteiger partial charge in [-0.15, -0.1) is 0 Å². The Morgan fingerprint density at radius 1 is 1.24 bits per heavy atom. The van der Waals surface area contributed by atoms with Crippen molar-refractivity contribution in [1.82, 2.24) is 4.57 Å². The molecule has 1 aromatic carbocycles. The van der Waals surface area contributed by atoms with Crippen LogP contribution in [0.15, 0.2) is 29.3 Å². The normalized spacial score (nSPS) is 12.6. The predicted octanol–water partition coefficient (Wildman–Crippen LogP) is 4.01. The van der Waals surface area contributed by atoms with Gasteiger partial charge in [-0.05, 0) is 26.8 Å². The highest BCUT2D eigenvalue weighted by molar-refractivity contribution is 8.13. The molecule has 0 saturated carbocycles. The van der Waals surface area contributed by atoms with E-state index in [1.54, 1.807) is 45.0 Å². The largest absolute Gasteiger partial charge is 0.443 e. The van der Waals surface area contributed by atoms with Gasteiger partial charge in [0.25, 0.3) is 9.05 Å². The number of para-hydroxylation sites is 1. The number of nitrogens with zero attached hydrogens (tertiary/aromatic N) is 1. The van der Waals surface area contributed by atoms with Crippen molar-refractivity contribution in [2.45, 2.75) is 31.4 Å². The minimum Gasteiger partial charge on any atom is -0.443 e. The number of fused-ring (bicyclic) bond motifs is 1. The number of carbonyl (C=O) groups is 1. The van der Waals surface area contributed by atoms with Crippen LogP contribution in [0.25, 0.3) is 10.9 Å². The highest BCUT2D eigenvalue weighted by Crippen LogP contribution is 2.35. The monoisotopic (exact) mass is 349 g/mol. The van der Waals surface area contributed by atoms with E-state index in [9.17, 15) is 13.2 Å². The summed E-state index contributed by atoms with van der Waals surface area (Å²) < 4.78 is 29.6. The fraction of sp³-hybridized carbons (Fsp3) is 0.308. The zero-order valence-corrected chi connectivity index (χ0v) is 13.9. The van der Waals surface area contributed by atoms with Crippen molar-refractivity contribution in [3.8, 4) is 0 Å². The first-order chi connectivity index (χ1) is 9.52. The van der Waals surface area contributed by atoms with Gasteiger partial charge in [-0.3, -0.25) is 0 Å². The molecule has 0 fully saturated rings. The molecule has 2 rings (SSSR count). The zero-order valence-electron chi connectivity index (χ0n) is 11.6. The molecule has 0 spiro atoms. The third-order valence-corrected chi connectivity index (χ3v) is 4.36. The molecule has 0 N–H and O–H groups in total. The van der Waals surface area contributed by atoms with Crippen LogP contribution in [0, 0.1) is 0 Å². The molecule has 0 aliphatic rings. The second-order valence-electron chi connectivity index (χ2n) is 5.39. The van der Waals surface area contributed by atoms with Crippen molar-refractivity contribution in [3.63, 3.8) is 0 Å². The number of aromatic nitrogens is 1. The van der Waals surface area contributed by atoms with Gasteiger partial charge in [-0.25, -0.2) is 17.8 Å². The Morgan fingerprint density at radius 2 is 1.81 bits per heavy atom. The maximum absolute atomic E-state index is 12.3. The van der Waals surface area contributed by atoms with E-state index in [0.29, 0.717) is 10.9 Å². The molecule has 0 aliphatic heterocycles. The first-order valence-corrected chi connectivity index (χ1v) is 8.68. The SMILES string of the molecule is CC(C)(C)OC(=O)n1c(S(=O)(=O)Cl)c(Cl)c2ccccc21. The van der Waals surface area contributed by atoms with Crippen LogP contribution >= 0.6 is 22.3 Å². The summed E-state index contributed by atoms with van der Waals surface area (Å²) in [5.41, 5.74) is -0.474. The van der Waals surface area contributed by atoms with E-state index >= 15 is 0 Å². The van der Waals surface area contributed by atoms with Crippen LogP contribution in [-0.2, 0) is 13.8 Å². The smallest absolute Gasteiger partial charge is 0.420 e. The van der Waals surface area contributed by atoms with Gasteiger partial charge in [0.1, 0.15) is 5.60 Å². The summed E-state index contributed by atoms with van der Waals surface area (Å²) in [6.07, 6.45) is -0.857. The average molecular weight is 350 g/mol. The lowest BCUT2D eigenvalue weighted by Crippen LogP contribution is -2.28. The Labute approximate surface area is 131 Å². The molecule has 1 heterocycles. The summed E-state index contributed by atoms with van der Waals surface area (Å²) in [6.45, 7) is 5.02. The van der Waals surface area contributed by atoms with Gasteiger partial charge < -0.3 is 4.74 Å². The molecule has 0 atom stereocenters. The minimum absolute atomic E-state index is 0.105. The fourth-order valence-corrected chi connectivity index (χ4v) is 3.70. The molecule has 0 bridgehead atoms. The lowest BCUT2D eigenvalue weighted by molar-refractivity contribution is 0.0530. The van der Waals surface area contributed by atoms with Crippen molar-refractivity contribution in [3.05, 3.63) is 29.3 Å². The maximum Gasteiger partial charge on any atom is 0.420 e. The average Bonchev–Trinajstić information content (AvgIpc) is 2.61. The van der Waals surface area contributed by atoms with Crippen LogP contribution in [0.4, 0.5) is 4.79 Å². The van der Waals surface area contributed by atoms with Gasteiger partial charge in [-0.1, -0.05) is 29.8 Å². The van der Waals surface area contributed by atoms with E-state index in [4.69, 9.17) is 27.0 Å². The maximum atomic E-state index is 12.3. The molecule has 1 aromatic heterocycles. The molecule has 21 heavy (non-hydrogen) atoms. The first-order valence-electron chi connectivity index (χ1n) is 5.99. The van der Waals surface area contributed by atoms with Crippen molar-refractivity contribution in [2.75, 3.05) is 0 Å². The molecule has 0 saturated heterocycles. The summed E-state index contributed by atoms with van der Waals surface area (Å²) in [5.74, 6) is 0. The summed E-state index contributed by atoms with van der Waals surface area (Å²) in [6, 6.07) is 6.50. The summed E-state index contributed by atoms with van der Waals surface area (Å²) >= 11 is 6.07. The molecular formula is C13H13Cl2NO4S. The van der Waals surface area contributed by atoms with E-state index in [2.05, 4.69) is 0 Å². The third-order valence-electron chi connectivity index (χ3n) is 2.58. The Balaban J connectivity index is 2.80. The molecule has 114 valence electrons. The van der Waals surface area contributed by atoms with Crippen molar-refractivity contribution < 1.29 is 17.9 Å². The number of rotatable bonds is 1. The van der Waals surface area contributed by atoms with Crippen molar-refractivity contribution in [1.29, 1.82) is 0 Å². The van der Waals surface area contributed by atoms with Crippen LogP contribution in [0.2, 0.25) is 5.02 Å². The first kappa shape index (κ1) is 16.1. The Kier molecular flexibility index (Phi) is 3.99. The van der Waals surface area contributed by atoms with Crippen LogP contribution in [-0.4, -0.2) is 24.7 Å². The lowest BCUT2D eigenvalue weighted by Gasteiger charge is -2.20. The second kappa shape index (κ2) is 5.19. The molecule has 2 aromatic rings. The number of carbonyl (C=O) groups excluding carboxylic acids is 1. The van der Waals surface area contributed by atoms with Crippen LogP contribution in [0.3, 0.4) is 0 Å². The second-order valence-corrected chi connectivity index (χ2v) is 8.25. The number of halogens is 2. The van der Waals surface area contributed by atoms with E-state index in [-0.39, 0.29) is 5.02 Å². The lowest BCUT2D eigenvalue weighted by atomic mass is 10.2. The quantitative estimate of drug-likeness (QED) is 0.729. The number of benzene rings is 1. The van der Waals surface area contributed by atoms with Crippen molar-refractivity contribution in [2.24, 2.45) is 0 Å². The van der Waals surface area contributed by atoms with Gasteiger partial charge in [0, 0.05) is 16.1 Å². The molecule has 0 unspecified atom stereocenters. The Bertz CT molecular complexity index is 819. The van der Waals surface area contributed by atoms with Gasteiger partial charge in [-0.2, -0.15) is 0 Å². The van der Waals surface area contributed by atoms with Crippen LogP contribution in [0.1, 0.15) is 20.8 Å². The summed E-state index contributed by atoms with van der Waals surface area (Å²) in [5, 5.41) is -0.183. The molecule has 8 heteroatoms. The van der Waals surface area contributed by atoms with E-state index < -0.39 is 25.8 Å². The number of ether oxygens (including phenoxy) is 1. The molecule has 0 amide bonds. The standard InChI is InChI=1S/C13H13Cl2NO4S/c1-13(2,3)20-12(17)16-9-7-5-4-6-8(9)10(14)11(16)21(15,18)19/h4-7H,1-3H3. The predicted molar refractivity (Wildman–Crippen MR) is 81.6 cm³/mol. The highest BCUT2D eigenvalue weighted by atomic mass is 35.7. The summed E-state index contributed by atoms with van der Waals surface area (Å²) in [4.78, 5) is 12.3. The van der Waals surface area contributed by atoms with E-state index in [0.717, 1.165) is 4.57 Å². The van der Waals surface area contributed by atoms with Crippen LogP contribution < -0.4 is 0 Å². The molecule has 5 nitrogen and oxygen atoms in total. The molecular weight excluding hydrogens is 337 g/mol. The van der Waals surface area contributed by atoms with E-state index in [1.807, 2.05) is 0 Å². The number of hydrogen-bond donors (Lipinski definition) is 0. The topological polar surface area (TPSA) is 65.4 Å². The van der Waals surface area contributed by atoms with Crippen LogP contribution in [0.5, 0.6) is 0 Å².